The molecular formula is C12H20N2S. The number of thiophene rings is 1. The van der Waals surface area contributed by atoms with E-state index in [-0.39, 0.29) is 5.54 Å². The van der Waals surface area contributed by atoms with Crippen LogP contribution in [0.5, 0.6) is 0 Å². The van der Waals surface area contributed by atoms with Crippen LogP contribution in [0, 0.1) is 0 Å². The van der Waals surface area contributed by atoms with Crippen LogP contribution in [0.3, 0.4) is 0 Å². The highest BCUT2D eigenvalue weighted by molar-refractivity contribution is 7.09. The molecule has 0 unspecified atom stereocenters. The normalized spacial score (nSPS) is 17.3. The summed E-state index contributed by atoms with van der Waals surface area (Å²) < 4.78 is 0. The van der Waals surface area contributed by atoms with Gasteiger partial charge < -0.3 is 5.73 Å². The lowest BCUT2D eigenvalue weighted by Gasteiger charge is -2.29. The van der Waals surface area contributed by atoms with Crippen LogP contribution in [-0.4, -0.2) is 23.0 Å². The van der Waals surface area contributed by atoms with Crippen molar-refractivity contribution in [3.63, 3.8) is 0 Å². The molecule has 0 aliphatic heterocycles. The Morgan fingerprint density at radius 3 is 2.73 bits per heavy atom. The summed E-state index contributed by atoms with van der Waals surface area (Å²) in [7, 11) is 0. The molecule has 1 heterocycles. The minimum Gasteiger partial charge on any atom is -0.324 e. The van der Waals surface area contributed by atoms with Crippen molar-refractivity contribution in [3.8, 4) is 0 Å². The van der Waals surface area contributed by atoms with Crippen molar-refractivity contribution in [2.45, 2.75) is 44.8 Å². The van der Waals surface area contributed by atoms with Gasteiger partial charge in [-0.15, -0.1) is 11.3 Å². The second-order valence-corrected chi connectivity index (χ2v) is 6.24. The summed E-state index contributed by atoms with van der Waals surface area (Å²) in [6.45, 7) is 6.28. The third-order valence-electron chi connectivity index (χ3n) is 2.61. The van der Waals surface area contributed by atoms with Gasteiger partial charge in [0.25, 0.3) is 0 Å². The van der Waals surface area contributed by atoms with Crippen molar-refractivity contribution >= 4 is 11.3 Å². The molecule has 2 nitrogen and oxygen atoms in total. The van der Waals surface area contributed by atoms with E-state index in [1.807, 2.05) is 11.3 Å². The van der Waals surface area contributed by atoms with Crippen LogP contribution in [0.15, 0.2) is 17.5 Å². The fourth-order valence-electron chi connectivity index (χ4n) is 1.88. The van der Waals surface area contributed by atoms with Gasteiger partial charge in [0, 0.05) is 29.5 Å². The summed E-state index contributed by atoms with van der Waals surface area (Å²) in [5.41, 5.74) is 6.01. The van der Waals surface area contributed by atoms with Crippen LogP contribution in [0.25, 0.3) is 0 Å². The van der Waals surface area contributed by atoms with Gasteiger partial charge in [-0.25, -0.2) is 0 Å². The SMILES string of the molecule is CC(C)(N)CN(Cc1cccs1)C1CC1. The molecule has 0 amide bonds. The Labute approximate surface area is 96.1 Å². The van der Waals surface area contributed by atoms with Crippen molar-refractivity contribution in [1.82, 2.24) is 4.90 Å². The molecule has 84 valence electrons. The van der Waals surface area contributed by atoms with Crippen molar-refractivity contribution in [1.29, 1.82) is 0 Å². The first kappa shape index (κ1) is 11.1. The van der Waals surface area contributed by atoms with Gasteiger partial charge >= 0.3 is 0 Å². The molecule has 1 aromatic heterocycles. The Bertz CT molecular complexity index is 296. The number of nitrogens with zero attached hydrogens (tertiary/aromatic N) is 1. The van der Waals surface area contributed by atoms with E-state index in [1.54, 1.807) is 0 Å². The van der Waals surface area contributed by atoms with Crippen LogP contribution in [0.2, 0.25) is 0 Å². The first-order valence-electron chi connectivity index (χ1n) is 5.60. The molecule has 0 atom stereocenters. The average Bonchev–Trinajstić information content (AvgIpc) is 2.83. The highest BCUT2D eigenvalue weighted by Gasteiger charge is 2.31. The fraction of sp³-hybridized carbons (Fsp3) is 0.667. The predicted octanol–water partition coefficient (Wildman–Crippen LogP) is 2.45. The molecule has 0 aromatic carbocycles. The van der Waals surface area contributed by atoms with E-state index in [4.69, 9.17) is 5.73 Å². The van der Waals surface area contributed by atoms with E-state index in [2.05, 4.69) is 36.3 Å². The Morgan fingerprint density at radius 1 is 1.53 bits per heavy atom. The molecule has 15 heavy (non-hydrogen) atoms. The maximum absolute atomic E-state index is 6.09. The molecule has 0 spiro atoms. The van der Waals surface area contributed by atoms with Crippen LogP contribution in [0.1, 0.15) is 31.6 Å². The fourth-order valence-corrected chi connectivity index (χ4v) is 2.61. The number of nitrogens with two attached hydrogens (primary N) is 1. The van der Waals surface area contributed by atoms with Gasteiger partial charge in [0.15, 0.2) is 0 Å². The summed E-state index contributed by atoms with van der Waals surface area (Å²) >= 11 is 1.84. The molecule has 3 heteroatoms. The molecule has 1 aromatic rings. The molecule has 1 aliphatic rings. The molecule has 0 radical (unpaired) electrons. The molecule has 1 fully saturated rings. The first-order chi connectivity index (χ1) is 7.04. The maximum Gasteiger partial charge on any atom is 0.0331 e. The Kier molecular flexibility index (Phi) is 3.14. The van der Waals surface area contributed by atoms with Crippen LogP contribution in [0.4, 0.5) is 0 Å². The molecule has 0 bridgehead atoms. The Morgan fingerprint density at radius 2 is 2.27 bits per heavy atom. The molecule has 2 N–H and O–H groups in total. The monoisotopic (exact) mass is 224 g/mol. The number of hydrogen-bond acceptors (Lipinski definition) is 3. The minimum absolute atomic E-state index is 0.0835. The predicted molar refractivity (Wildman–Crippen MR) is 66.0 cm³/mol. The second-order valence-electron chi connectivity index (χ2n) is 5.20. The molecule has 2 rings (SSSR count). The van der Waals surface area contributed by atoms with Gasteiger partial charge in [0.05, 0.1) is 0 Å². The zero-order valence-electron chi connectivity index (χ0n) is 9.57. The topological polar surface area (TPSA) is 29.3 Å². The lowest BCUT2D eigenvalue weighted by molar-refractivity contribution is 0.210. The molecular weight excluding hydrogens is 204 g/mol. The van der Waals surface area contributed by atoms with Crippen LogP contribution < -0.4 is 5.73 Å². The van der Waals surface area contributed by atoms with E-state index in [1.165, 1.54) is 17.7 Å². The zero-order chi connectivity index (χ0) is 10.9. The van der Waals surface area contributed by atoms with E-state index in [0.29, 0.717) is 0 Å². The third kappa shape index (κ3) is 3.59. The van der Waals surface area contributed by atoms with E-state index in [9.17, 15) is 0 Å². The smallest absolute Gasteiger partial charge is 0.0331 e. The van der Waals surface area contributed by atoms with Gasteiger partial charge in [0.1, 0.15) is 0 Å². The average molecular weight is 224 g/mol. The van der Waals surface area contributed by atoms with Crippen molar-refractivity contribution in [3.05, 3.63) is 22.4 Å². The second kappa shape index (κ2) is 4.24. The summed E-state index contributed by atoms with van der Waals surface area (Å²) in [4.78, 5) is 3.98. The lowest BCUT2D eigenvalue weighted by Crippen LogP contribution is -2.45. The van der Waals surface area contributed by atoms with Crippen molar-refractivity contribution < 1.29 is 0 Å². The van der Waals surface area contributed by atoms with Gasteiger partial charge in [-0.2, -0.15) is 0 Å². The van der Waals surface area contributed by atoms with E-state index < -0.39 is 0 Å². The molecule has 1 aliphatic carbocycles. The van der Waals surface area contributed by atoms with Gasteiger partial charge in [-0.1, -0.05) is 6.07 Å². The van der Waals surface area contributed by atoms with E-state index in [0.717, 1.165) is 19.1 Å². The minimum atomic E-state index is -0.0835. The Hall–Kier alpha value is -0.380. The molecule has 0 saturated heterocycles. The highest BCUT2D eigenvalue weighted by Crippen LogP contribution is 2.29. The highest BCUT2D eigenvalue weighted by atomic mass is 32.1. The first-order valence-corrected chi connectivity index (χ1v) is 6.48. The summed E-state index contributed by atoms with van der Waals surface area (Å²) in [5, 5.41) is 2.15. The molecule has 1 saturated carbocycles. The van der Waals surface area contributed by atoms with Crippen LogP contribution >= 0.6 is 11.3 Å². The van der Waals surface area contributed by atoms with E-state index >= 15 is 0 Å². The zero-order valence-corrected chi connectivity index (χ0v) is 10.4. The van der Waals surface area contributed by atoms with Gasteiger partial charge in [-0.3, -0.25) is 4.90 Å². The third-order valence-corrected chi connectivity index (χ3v) is 3.47. The lowest BCUT2D eigenvalue weighted by atomic mass is 10.1. The standard InChI is InChI=1S/C12H20N2S/c1-12(2,13)9-14(10-5-6-10)8-11-4-3-7-15-11/h3-4,7,10H,5-6,8-9,13H2,1-2H3. The van der Waals surface area contributed by atoms with Gasteiger partial charge in [-0.05, 0) is 38.1 Å². The van der Waals surface area contributed by atoms with Crippen molar-refractivity contribution in [2.75, 3.05) is 6.54 Å². The number of hydrogen-bond donors (Lipinski definition) is 1. The van der Waals surface area contributed by atoms with Gasteiger partial charge in [0.2, 0.25) is 0 Å². The maximum atomic E-state index is 6.09. The Balaban J connectivity index is 1.95. The quantitative estimate of drug-likeness (QED) is 0.832. The largest absolute Gasteiger partial charge is 0.324 e. The summed E-state index contributed by atoms with van der Waals surface area (Å²) in [6, 6.07) is 5.12. The van der Waals surface area contributed by atoms with Crippen LogP contribution in [-0.2, 0) is 6.54 Å². The summed E-state index contributed by atoms with van der Waals surface area (Å²) in [6.07, 6.45) is 2.70. The number of rotatable bonds is 5. The van der Waals surface area contributed by atoms with Crippen molar-refractivity contribution in [2.24, 2.45) is 5.73 Å². The summed E-state index contributed by atoms with van der Waals surface area (Å²) in [5.74, 6) is 0.